The average molecular weight is 278 g/mol. The molecule has 1 saturated heterocycles. The molecule has 0 aromatic carbocycles. The zero-order valence-corrected chi connectivity index (χ0v) is 12.7. The van der Waals surface area contributed by atoms with Gasteiger partial charge in [0, 0.05) is 43.6 Å². The first kappa shape index (κ1) is 15.1. The van der Waals surface area contributed by atoms with Gasteiger partial charge in [0.15, 0.2) is 0 Å². The van der Waals surface area contributed by atoms with Crippen LogP contribution in [0.1, 0.15) is 13.3 Å². The molecule has 0 spiro atoms. The van der Waals surface area contributed by atoms with Gasteiger partial charge < -0.3 is 20.1 Å². The molecule has 112 valence electrons. The van der Waals surface area contributed by atoms with Crippen molar-refractivity contribution >= 4 is 5.69 Å². The molecule has 0 radical (unpaired) electrons. The van der Waals surface area contributed by atoms with Crippen molar-refractivity contribution in [2.24, 2.45) is 5.92 Å². The summed E-state index contributed by atoms with van der Waals surface area (Å²) in [5.74, 6) is 0.708. The van der Waals surface area contributed by atoms with E-state index in [2.05, 4.69) is 30.8 Å². The quantitative estimate of drug-likeness (QED) is 0.861. The highest BCUT2D eigenvalue weighted by Gasteiger charge is 2.30. The van der Waals surface area contributed by atoms with Gasteiger partial charge in [0.1, 0.15) is 0 Å². The third-order valence-corrected chi connectivity index (χ3v) is 4.19. The number of hydrogen-bond donors (Lipinski definition) is 1. The van der Waals surface area contributed by atoms with E-state index < -0.39 is 0 Å². The Balaban J connectivity index is 1.82. The number of hydrogen-bond acceptors (Lipinski definition) is 4. The van der Waals surface area contributed by atoms with Gasteiger partial charge in [0.2, 0.25) is 0 Å². The molecule has 5 heteroatoms. The van der Waals surface area contributed by atoms with Crippen molar-refractivity contribution in [1.82, 2.24) is 14.4 Å². The molecule has 2 rings (SSSR count). The van der Waals surface area contributed by atoms with Crippen LogP contribution in [-0.4, -0.2) is 54.1 Å². The summed E-state index contributed by atoms with van der Waals surface area (Å²) in [6.07, 6.45) is 2.72. The molecule has 2 atom stereocenters. The van der Waals surface area contributed by atoms with E-state index >= 15 is 0 Å². The molecule has 1 aromatic rings. The molecule has 0 saturated carbocycles. The lowest BCUT2D eigenvalue weighted by Gasteiger charge is -2.22. The fourth-order valence-electron chi connectivity index (χ4n) is 3.09. The highest BCUT2D eigenvalue weighted by atomic mass is 16.1. The number of pyridine rings is 1. The first-order chi connectivity index (χ1) is 9.47. The number of nitrogens with two attached hydrogens (primary N) is 1. The zero-order chi connectivity index (χ0) is 14.7. The molecule has 1 aromatic heterocycles. The maximum absolute atomic E-state index is 11.7. The number of likely N-dealkylation sites (tertiary alicyclic amines) is 1. The van der Waals surface area contributed by atoms with Gasteiger partial charge in [0.05, 0.1) is 0 Å². The van der Waals surface area contributed by atoms with E-state index in [4.69, 9.17) is 5.73 Å². The van der Waals surface area contributed by atoms with E-state index in [1.54, 1.807) is 16.8 Å². The lowest BCUT2D eigenvalue weighted by atomic mass is 10.1. The maximum atomic E-state index is 11.7. The third-order valence-electron chi connectivity index (χ3n) is 4.19. The molecule has 2 unspecified atom stereocenters. The fourth-order valence-corrected chi connectivity index (χ4v) is 3.09. The van der Waals surface area contributed by atoms with Crippen LogP contribution in [0.4, 0.5) is 5.69 Å². The summed E-state index contributed by atoms with van der Waals surface area (Å²) in [4.78, 5) is 16.5. The molecular formula is C15H26N4O. The van der Waals surface area contributed by atoms with Crippen molar-refractivity contribution in [3.8, 4) is 0 Å². The monoisotopic (exact) mass is 278 g/mol. The van der Waals surface area contributed by atoms with Crippen molar-refractivity contribution in [2.45, 2.75) is 25.9 Å². The Hall–Kier alpha value is -1.33. The number of likely N-dealkylation sites (N-methyl/N-ethyl adjacent to an activating group) is 1. The van der Waals surface area contributed by atoms with E-state index in [0.29, 0.717) is 17.6 Å². The molecule has 1 aliphatic heterocycles. The van der Waals surface area contributed by atoms with Crippen molar-refractivity contribution in [1.29, 1.82) is 0 Å². The molecule has 2 N–H and O–H groups in total. The highest BCUT2D eigenvalue weighted by Crippen LogP contribution is 2.19. The summed E-state index contributed by atoms with van der Waals surface area (Å²) in [6, 6.07) is 3.84. The predicted octanol–water partition coefficient (Wildman–Crippen LogP) is 0.703. The van der Waals surface area contributed by atoms with Crippen LogP contribution in [0.2, 0.25) is 0 Å². The molecule has 0 amide bonds. The first-order valence-corrected chi connectivity index (χ1v) is 7.32. The lowest BCUT2D eigenvalue weighted by molar-refractivity contribution is 0.250. The molecule has 1 fully saturated rings. The van der Waals surface area contributed by atoms with Gasteiger partial charge in [-0.3, -0.25) is 4.79 Å². The number of rotatable bonds is 5. The molecule has 2 heterocycles. The van der Waals surface area contributed by atoms with Gasteiger partial charge in [-0.1, -0.05) is 6.92 Å². The smallest absolute Gasteiger partial charge is 0.250 e. The molecule has 0 aliphatic carbocycles. The second-order valence-electron chi connectivity index (χ2n) is 6.12. The lowest BCUT2D eigenvalue weighted by Crippen LogP contribution is -2.34. The van der Waals surface area contributed by atoms with Crippen molar-refractivity contribution < 1.29 is 0 Å². The molecule has 5 nitrogen and oxygen atoms in total. The SMILES string of the molecule is CC1CN(CCCn2cc(N)ccc2=O)CC1N(C)C. The van der Waals surface area contributed by atoms with E-state index in [1.807, 2.05) is 0 Å². The van der Waals surface area contributed by atoms with Gasteiger partial charge in [-0.2, -0.15) is 0 Å². The Kier molecular flexibility index (Phi) is 4.83. The number of aryl methyl sites for hydroxylation is 1. The molecule has 20 heavy (non-hydrogen) atoms. The number of anilines is 1. The summed E-state index contributed by atoms with van der Waals surface area (Å²) in [6.45, 7) is 6.36. The largest absolute Gasteiger partial charge is 0.398 e. The Bertz CT molecular complexity index is 497. The Morgan fingerprint density at radius 1 is 1.30 bits per heavy atom. The Morgan fingerprint density at radius 3 is 2.70 bits per heavy atom. The van der Waals surface area contributed by atoms with Crippen LogP contribution < -0.4 is 11.3 Å². The van der Waals surface area contributed by atoms with Crippen LogP contribution in [0, 0.1) is 5.92 Å². The number of nitrogens with zero attached hydrogens (tertiary/aromatic N) is 3. The van der Waals surface area contributed by atoms with Crippen LogP contribution in [0.15, 0.2) is 23.1 Å². The van der Waals surface area contributed by atoms with Crippen LogP contribution in [0.5, 0.6) is 0 Å². The summed E-state index contributed by atoms with van der Waals surface area (Å²) >= 11 is 0. The van der Waals surface area contributed by atoms with E-state index in [-0.39, 0.29) is 5.56 Å². The molecular weight excluding hydrogens is 252 g/mol. The summed E-state index contributed by atoms with van der Waals surface area (Å²) in [5, 5.41) is 0. The first-order valence-electron chi connectivity index (χ1n) is 7.32. The Labute approximate surface area is 121 Å². The summed E-state index contributed by atoms with van der Waals surface area (Å²) in [5.41, 5.74) is 6.39. The third kappa shape index (κ3) is 3.61. The van der Waals surface area contributed by atoms with Gasteiger partial charge in [-0.05, 0) is 39.0 Å². The van der Waals surface area contributed by atoms with Crippen LogP contribution >= 0.6 is 0 Å². The minimum Gasteiger partial charge on any atom is -0.398 e. The average Bonchev–Trinajstić information content (AvgIpc) is 2.75. The zero-order valence-electron chi connectivity index (χ0n) is 12.7. The Morgan fingerprint density at radius 2 is 2.05 bits per heavy atom. The van der Waals surface area contributed by atoms with Gasteiger partial charge in [0.25, 0.3) is 5.56 Å². The normalized spacial score (nSPS) is 23.6. The standard InChI is InChI=1S/C15H26N4O/c1-12-9-18(11-14(12)17(2)3)7-4-8-19-10-13(16)5-6-15(19)20/h5-6,10,12,14H,4,7-9,11,16H2,1-3H3. The van der Waals surface area contributed by atoms with E-state index in [0.717, 1.165) is 32.6 Å². The molecule has 0 bridgehead atoms. The van der Waals surface area contributed by atoms with Gasteiger partial charge >= 0.3 is 0 Å². The number of nitrogen functional groups attached to an aromatic ring is 1. The van der Waals surface area contributed by atoms with Crippen LogP contribution in [-0.2, 0) is 6.54 Å². The highest BCUT2D eigenvalue weighted by molar-refractivity contribution is 5.33. The van der Waals surface area contributed by atoms with Crippen molar-refractivity contribution in [2.75, 3.05) is 39.5 Å². The predicted molar refractivity (Wildman–Crippen MR) is 82.8 cm³/mol. The van der Waals surface area contributed by atoms with Crippen LogP contribution in [0.25, 0.3) is 0 Å². The summed E-state index contributed by atoms with van der Waals surface area (Å²) < 4.78 is 1.71. The minimum atomic E-state index is 0.0279. The van der Waals surface area contributed by atoms with Crippen molar-refractivity contribution in [3.63, 3.8) is 0 Å². The fraction of sp³-hybridized carbons (Fsp3) is 0.667. The van der Waals surface area contributed by atoms with E-state index in [9.17, 15) is 4.79 Å². The summed E-state index contributed by atoms with van der Waals surface area (Å²) in [7, 11) is 4.30. The second kappa shape index (κ2) is 6.41. The number of aromatic nitrogens is 1. The topological polar surface area (TPSA) is 54.5 Å². The van der Waals surface area contributed by atoms with Crippen molar-refractivity contribution in [3.05, 3.63) is 28.7 Å². The van der Waals surface area contributed by atoms with Gasteiger partial charge in [-0.15, -0.1) is 0 Å². The van der Waals surface area contributed by atoms with Gasteiger partial charge in [-0.25, -0.2) is 0 Å². The van der Waals surface area contributed by atoms with Crippen LogP contribution in [0.3, 0.4) is 0 Å². The minimum absolute atomic E-state index is 0.0279. The molecule has 1 aliphatic rings. The second-order valence-corrected chi connectivity index (χ2v) is 6.12. The van der Waals surface area contributed by atoms with E-state index in [1.165, 1.54) is 6.07 Å². The maximum Gasteiger partial charge on any atom is 0.250 e.